The lowest BCUT2D eigenvalue weighted by atomic mass is 10.1. The van der Waals surface area contributed by atoms with Gasteiger partial charge in [0.1, 0.15) is 5.60 Å². The molecule has 72 valence electrons. The van der Waals surface area contributed by atoms with Gasteiger partial charge in [0.25, 0.3) is 0 Å². The van der Waals surface area contributed by atoms with E-state index in [-0.39, 0.29) is 0 Å². The summed E-state index contributed by atoms with van der Waals surface area (Å²) >= 11 is 0. The van der Waals surface area contributed by atoms with Gasteiger partial charge in [-0.05, 0) is 26.0 Å². The molecular weight excluding hydrogens is 168 g/mol. The summed E-state index contributed by atoms with van der Waals surface area (Å²) in [5.41, 5.74) is 5.14. The van der Waals surface area contributed by atoms with Gasteiger partial charge < -0.3 is 15.6 Å². The van der Waals surface area contributed by atoms with Crippen molar-refractivity contribution in [2.75, 3.05) is 12.8 Å². The number of hydrogen-bond acceptors (Lipinski definition) is 4. The van der Waals surface area contributed by atoms with Crippen LogP contribution in [0.2, 0.25) is 0 Å². The Bertz CT molecular complexity index is 305. The summed E-state index contributed by atoms with van der Waals surface area (Å²) < 4.78 is 4.94. The molecule has 1 aromatic heterocycles. The molecule has 0 aromatic carbocycles. The molecule has 0 radical (unpaired) electrons. The molecule has 13 heavy (non-hydrogen) atoms. The molecule has 4 nitrogen and oxygen atoms in total. The van der Waals surface area contributed by atoms with E-state index in [4.69, 9.17) is 10.5 Å². The molecule has 0 aliphatic carbocycles. The average molecular weight is 182 g/mol. The zero-order chi connectivity index (χ0) is 10.1. The highest BCUT2D eigenvalue weighted by atomic mass is 16.5. The van der Waals surface area contributed by atoms with Crippen molar-refractivity contribution in [1.82, 2.24) is 4.98 Å². The highest BCUT2D eigenvalue weighted by Crippen LogP contribution is 2.24. The molecule has 3 N–H and O–H groups in total. The van der Waals surface area contributed by atoms with Crippen LogP contribution in [0.15, 0.2) is 12.1 Å². The Morgan fingerprint density at radius 1 is 1.46 bits per heavy atom. The zero-order valence-electron chi connectivity index (χ0n) is 8.03. The number of aliphatic hydroxyl groups is 1. The van der Waals surface area contributed by atoms with Gasteiger partial charge in [-0.3, -0.25) is 0 Å². The van der Waals surface area contributed by atoms with E-state index in [0.29, 0.717) is 17.3 Å². The van der Waals surface area contributed by atoms with Gasteiger partial charge in [-0.25, -0.2) is 4.98 Å². The monoisotopic (exact) mass is 182 g/mol. The minimum Gasteiger partial charge on any atom is -0.493 e. The van der Waals surface area contributed by atoms with Gasteiger partial charge in [-0.1, -0.05) is 0 Å². The van der Waals surface area contributed by atoms with Crippen LogP contribution in [-0.2, 0) is 5.60 Å². The first kappa shape index (κ1) is 9.80. The summed E-state index contributed by atoms with van der Waals surface area (Å²) in [5.74, 6) is 0.815. The number of ether oxygens (including phenoxy) is 1. The van der Waals surface area contributed by atoms with E-state index >= 15 is 0 Å². The average Bonchev–Trinajstić information content (AvgIpc) is 2.02. The third kappa shape index (κ3) is 2.09. The van der Waals surface area contributed by atoms with Crippen LogP contribution in [0, 0.1) is 0 Å². The van der Waals surface area contributed by atoms with Crippen LogP contribution in [0.5, 0.6) is 5.75 Å². The van der Waals surface area contributed by atoms with Crippen molar-refractivity contribution in [2.24, 2.45) is 0 Å². The zero-order valence-corrected chi connectivity index (χ0v) is 8.03. The van der Waals surface area contributed by atoms with Gasteiger partial charge in [-0.2, -0.15) is 0 Å². The van der Waals surface area contributed by atoms with Crippen LogP contribution in [0.3, 0.4) is 0 Å². The normalized spacial score (nSPS) is 11.4. The molecule has 0 unspecified atom stereocenters. The van der Waals surface area contributed by atoms with Gasteiger partial charge in [0.2, 0.25) is 0 Å². The Kier molecular flexibility index (Phi) is 2.43. The SMILES string of the molecule is COc1ccc(C(C)(C)O)nc1N. The minimum atomic E-state index is -0.972. The molecule has 1 rings (SSSR count). The van der Waals surface area contributed by atoms with Crippen LogP contribution < -0.4 is 10.5 Å². The van der Waals surface area contributed by atoms with E-state index in [9.17, 15) is 5.11 Å². The summed E-state index contributed by atoms with van der Waals surface area (Å²) in [6, 6.07) is 3.38. The number of nitrogens with zero attached hydrogens (tertiary/aromatic N) is 1. The van der Waals surface area contributed by atoms with Crippen molar-refractivity contribution in [1.29, 1.82) is 0 Å². The van der Waals surface area contributed by atoms with Crippen molar-refractivity contribution < 1.29 is 9.84 Å². The van der Waals surface area contributed by atoms with E-state index in [2.05, 4.69) is 4.98 Å². The summed E-state index contributed by atoms with van der Waals surface area (Å²) in [6.07, 6.45) is 0. The van der Waals surface area contributed by atoms with Crippen molar-refractivity contribution >= 4 is 5.82 Å². The van der Waals surface area contributed by atoms with Gasteiger partial charge in [0, 0.05) is 0 Å². The summed E-state index contributed by atoms with van der Waals surface area (Å²) in [6.45, 7) is 3.31. The number of rotatable bonds is 2. The van der Waals surface area contributed by atoms with Crippen molar-refractivity contribution in [3.8, 4) is 5.75 Å². The third-order valence-corrected chi connectivity index (χ3v) is 1.73. The maximum atomic E-state index is 9.62. The Hall–Kier alpha value is -1.29. The number of aromatic nitrogens is 1. The molecule has 0 saturated carbocycles. The third-order valence-electron chi connectivity index (χ3n) is 1.73. The quantitative estimate of drug-likeness (QED) is 0.713. The first-order chi connectivity index (χ1) is 5.95. The summed E-state index contributed by atoms with van der Waals surface area (Å²) in [4.78, 5) is 4.02. The molecule has 0 amide bonds. The molecular formula is C9H14N2O2. The number of nitrogen functional groups attached to an aromatic ring is 1. The van der Waals surface area contributed by atoms with Gasteiger partial charge in [0.05, 0.1) is 12.8 Å². The lowest BCUT2D eigenvalue weighted by Gasteiger charge is -2.17. The fourth-order valence-corrected chi connectivity index (χ4v) is 0.975. The maximum Gasteiger partial charge on any atom is 0.166 e. The second-order valence-corrected chi connectivity index (χ2v) is 3.34. The predicted octanol–water partition coefficient (Wildman–Crippen LogP) is 0.900. The lowest BCUT2D eigenvalue weighted by Crippen LogP contribution is -2.18. The molecule has 0 fully saturated rings. The topological polar surface area (TPSA) is 68.4 Å². The van der Waals surface area contributed by atoms with Crippen molar-refractivity contribution in [3.63, 3.8) is 0 Å². The number of methoxy groups -OCH3 is 1. The fraction of sp³-hybridized carbons (Fsp3) is 0.444. The van der Waals surface area contributed by atoms with Crippen LogP contribution >= 0.6 is 0 Å². The number of nitrogens with two attached hydrogens (primary N) is 1. The molecule has 0 saturated heterocycles. The summed E-state index contributed by atoms with van der Waals surface area (Å²) in [7, 11) is 1.52. The van der Waals surface area contributed by atoms with E-state index in [0.717, 1.165) is 0 Å². The predicted molar refractivity (Wildman–Crippen MR) is 50.4 cm³/mol. The highest BCUT2D eigenvalue weighted by molar-refractivity contribution is 5.46. The van der Waals surface area contributed by atoms with E-state index in [1.165, 1.54) is 7.11 Å². The Morgan fingerprint density at radius 3 is 2.46 bits per heavy atom. The standard InChI is InChI=1S/C9H14N2O2/c1-9(2,12)7-5-4-6(13-3)8(10)11-7/h4-5,12H,1-3H3,(H2,10,11). The lowest BCUT2D eigenvalue weighted by molar-refractivity contribution is 0.0739. The van der Waals surface area contributed by atoms with Crippen LogP contribution in [0.1, 0.15) is 19.5 Å². The molecule has 0 aliphatic heterocycles. The maximum absolute atomic E-state index is 9.62. The fourth-order valence-electron chi connectivity index (χ4n) is 0.975. The molecule has 0 bridgehead atoms. The highest BCUT2D eigenvalue weighted by Gasteiger charge is 2.18. The number of hydrogen-bond donors (Lipinski definition) is 2. The van der Waals surface area contributed by atoms with Crippen LogP contribution in [-0.4, -0.2) is 17.2 Å². The summed E-state index contributed by atoms with van der Waals surface area (Å²) in [5, 5.41) is 9.62. The second kappa shape index (κ2) is 3.22. The Balaban J connectivity index is 3.10. The van der Waals surface area contributed by atoms with Crippen LogP contribution in [0.4, 0.5) is 5.82 Å². The second-order valence-electron chi connectivity index (χ2n) is 3.34. The smallest absolute Gasteiger partial charge is 0.166 e. The number of anilines is 1. The van der Waals surface area contributed by atoms with Gasteiger partial charge in [-0.15, -0.1) is 0 Å². The van der Waals surface area contributed by atoms with E-state index < -0.39 is 5.60 Å². The largest absolute Gasteiger partial charge is 0.493 e. The van der Waals surface area contributed by atoms with E-state index in [1.807, 2.05) is 0 Å². The Labute approximate surface area is 77.4 Å². The van der Waals surface area contributed by atoms with Gasteiger partial charge in [0.15, 0.2) is 11.6 Å². The van der Waals surface area contributed by atoms with Crippen LogP contribution in [0.25, 0.3) is 0 Å². The molecule has 1 aromatic rings. The minimum absolute atomic E-state index is 0.294. The van der Waals surface area contributed by atoms with Crippen molar-refractivity contribution in [3.05, 3.63) is 17.8 Å². The first-order valence-corrected chi connectivity index (χ1v) is 3.98. The van der Waals surface area contributed by atoms with Gasteiger partial charge >= 0.3 is 0 Å². The van der Waals surface area contributed by atoms with E-state index in [1.54, 1.807) is 26.0 Å². The molecule has 0 spiro atoms. The van der Waals surface area contributed by atoms with Crippen molar-refractivity contribution in [2.45, 2.75) is 19.4 Å². The molecule has 4 heteroatoms. The molecule has 0 atom stereocenters. The molecule has 1 heterocycles. The molecule has 0 aliphatic rings. The Morgan fingerprint density at radius 2 is 2.08 bits per heavy atom. The first-order valence-electron chi connectivity index (χ1n) is 3.98. The number of pyridine rings is 1.